The molecule has 0 aliphatic carbocycles. The molecule has 3 heterocycles. The van der Waals surface area contributed by atoms with E-state index in [1.807, 2.05) is 64.3 Å². The first-order valence-corrected chi connectivity index (χ1v) is 13.2. The van der Waals surface area contributed by atoms with Crippen molar-refractivity contribution in [2.24, 2.45) is 0 Å². The molecule has 1 aliphatic heterocycles. The number of carboxylic acid groups (broad SMARTS) is 1. The fourth-order valence-corrected chi connectivity index (χ4v) is 6.15. The minimum atomic E-state index is -1.15. The van der Waals surface area contributed by atoms with Gasteiger partial charge in [-0.3, -0.25) is 0 Å². The maximum absolute atomic E-state index is 12.8. The van der Waals surface area contributed by atoms with Crippen molar-refractivity contribution in [2.75, 3.05) is 11.4 Å². The molecule has 0 unspecified atom stereocenters. The van der Waals surface area contributed by atoms with E-state index in [1.165, 1.54) is 0 Å². The van der Waals surface area contributed by atoms with Crippen LogP contribution in [0, 0.1) is 20.8 Å². The van der Waals surface area contributed by atoms with Crippen molar-refractivity contribution >= 4 is 50.6 Å². The van der Waals surface area contributed by atoms with Crippen molar-refractivity contribution < 1.29 is 14.6 Å². The summed E-state index contributed by atoms with van der Waals surface area (Å²) in [5.74, 6) is -1.02. The van der Waals surface area contributed by atoms with Crippen molar-refractivity contribution in [3.05, 3.63) is 63.2 Å². The van der Waals surface area contributed by atoms with Gasteiger partial charge in [0.2, 0.25) is 0 Å². The van der Waals surface area contributed by atoms with Crippen LogP contribution in [0.15, 0.2) is 35.7 Å². The lowest BCUT2D eigenvalue weighted by atomic mass is 9.87. The quantitative estimate of drug-likeness (QED) is 0.294. The number of anilines is 2. The first-order chi connectivity index (χ1) is 17.0. The fraction of sp³-hybridized carbons (Fsp3) is 0.357. The van der Waals surface area contributed by atoms with E-state index in [0.717, 1.165) is 62.9 Å². The van der Waals surface area contributed by atoms with Gasteiger partial charge in [-0.15, -0.1) is 11.3 Å². The van der Waals surface area contributed by atoms with E-state index in [-0.39, 0.29) is 0 Å². The normalized spacial score (nSPS) is 14.5. The highest BCUT2D eigenvalue weighted by atomic mass is 35.5. The van der Waals surface area contributed by atoms with Gasteiger partial charge in [-0.1, -0.05) is 23.7 Å². The van der Waals surface area contributed by atoms with E-state index in [1.54, 1.807) is 11.3 Å². The van der Waals surface area contributed by atoms with E-state index in [4.69, 9.17) is 21.3 Å². The molecule has 2 aromatic heterocycles. The smallest absolute Gasteiger partial charge is 0.337 e. The number of benzene rings is 2. The van der Waals surface area contributed by atoms with Gasteiger partial charge in [0.1, 0.15) is 0 Å². The summed E-state index contributed by atoms with van der Waals surface area (Å²) in [6.45, 7) is 13.3. The van der Waals surface area contributed by atoms with Gasteiger partial charge in [0.25, 0.3) is 0 Å². The number of ether oxygens (including phenoxy) is 1. The SMILES string of the molecule is Cc1csc(N2CCn3c(C)cc4c(-c5ccc(Cl)cc5)c([C@H](OC(C)(C)C)C(=O)O)c(C)c2c43)n1. The molecule has 0 fully saturated rings. The number of hydrogen-bond acceptors (Lipinski definition) is 5. The number of aromatic nitrogens is 2. The van der Waals surface area contributed by atoms with E-state index in [0.29, 0.717) is 10.6 Å². The Kier molecular flexibility index (Phi) is 6.14. The standard InChI is InChI=1S/C28H30ClN3O3S/c1-15-14-36-27(30-15)32-12-11-31-16(2)13-20-22(18-7-9-19(29)10-8-18)21(17(3)23(32)24(20)31)25(26(33)34)35-28(4,5)6/h7-10,13-14,25H,11-12H2,1-6H3,(H,33,34)/t25-/m0/s1. The molecule has 0 saturated heterocycles. The van der Waals surface area contributed by atoms with Gasteiger partial charge in [-0.25, -0.2) is 9.78 Å². The van der Waals surface area contributed by atoms with E-state index < -0.39 is 17.7 Å². The minimum Gasteiger partial charge on any atom is -0.479 e. The van der Waals surface area contributed by atoms with Gasteiger partial charge >= 0.3 is 5.97 Å². The van der Waals surface area contributed by atoms with Gasteiger partial charge in [-0.05, 0) is 76.4 Å². The minimum absolute atomic E-state index is 0.630. The topological polar surface area (TPSA) is 67.6 Å². The Bertz CT molecular complexity index is 1480. The highest BCUT2D eigenvalue weighted by molar-refractivity contribution is 7.13. The molecule has 1 N–H and O–H groups in total. The summed E-state index contributed by atoms with van der Waals surface area (Å²) < 4.78 is 8.57. The highest BCUT2D eigenvalue weighted by Gasteiger charge is 2.36. The third kappa shape index (κ3) is 4.19. The van der Waals surface area contributed by atoms with Crippen molar-refractivity contribution in [1.29, 1.82) is 0 Å². The van der Waals surface area contributed by atoms with Gasteiger partial charge in [0, 0.05) is 40.1 Å². The fourth-order valence-electron chi connectivity index (χ4n) is 5.19. The third-order valence-corrected chi connectivity index (χ3v) is 7.81. The van der Waals surface area contributed by atoms with Crippen LogP contribution in [0.2, 0.25) is 5.02 Å². The van der Waals surface area contributed by atoms with Crippen LogP contribution in [0.1, 0.15) is 49.4 Å². The van der Waals surface area contributed by atoms with Crippen LogP contribution in [0.25, 0.3) is 22.0 Å². The van der Waals surface area contributed by atoms with Crippen LogP contribution in [0.3, 0.4) is 0 Å². The Labute approximate surface area is 220 Å². The summed E-state index contributed by atoms with van der Waals surface area (Å²) in [5.41, 5.74) is 6.87. The predicted octanol–water partition coefficient (Wildman–Crippen LogP) is 7.44. The Morgan fingerprint density at radius 2 is 1.86 bits per heavy atom. The maximum Gasteiger partial charge on any atom is 0.337 e. The maximum atomic E-state index is 12.8. The van der Waals surface area contributed by atoms with E-state index >= 15 is 0 Å². The average molecular weight is 524 g/mol. The monoisotopic (exact) mass is 523 g/mol. The molecule has 0 bridgehead atoms. The summed E-state index contributed by atoms with van der Waals surface area (Å²) in [6.07, 6.45) is -1.15. The molecule has 6 nitrogen and oxygen atoms in total. The van der Waals surface area contributed by atoms with Crippen LogP contribution >= 0.6 is 22.9 Å². The number of nitrogens with zero attached hydrogens (tertiary/aromatic N) is 3. The molecule has 0 saturated carbocycles. The van der Waals surface area contributed by atoms with Gasteiger partial charge < -0.3 is 19.3 Å². The Morgan fingerprint density at radius 3 is 2.44 bits per heavy atom. The van der Waals surface area contributed by atoms with Gasteiger partial charge in [0.15, 0.2) is 11.2 Å². The molecule has 1 atom stereocenters. The second-order valence-electron chi connectivity index (χ2n) is 10.3. The summed E-state index contributed by atoms with van der Waals surface area (Å²) in [6, 6.07) is 9.76. The molecule has 4 aromatic rings. The second kappa shape index (κ2) is 8.91. The zero-order valence-electron chi connectivity index (χ0n) is 21.3. The Balaban J connectivity index is 1.91. The summed E-state index contributed by atoms with van der Waals surface area (Å²) >= 11 is 7.83. The molecule has 2 aromatic carbocycles. The Hall–Kier alpha value is -2.87. The average Bonchev–Trinajstić information content (AvgIpc) is 3.38. The van der Waals surface area contributed by atoms with Crippen molar-refractivity contribution in [2.45, 2.75) is 59.8 Å². The van der Waals surface area contributed by atoms with Crippen molar-refractivity contribution in [3.63, 3.8) is 0 Å². The second-order valence-corrected chi connectivity index (χ2v) is 11.6. The number of hydrogen-bond donors (Lipinski definition) is 1. The molecule has 8 heteroatoms. The van der Waals surface area contributed by atoms with Crippen molar-refractivity contribution in [3.8, 4) is 11.1 Å². The summed E-state index contributed by atoms with van der Waals surface area (Å²) in [7, 11) is 0. The largest absolute Gasteiger partial charge is 0.479 e. The van der Waals surface area contributed by atoms with Crippen molar-refractivity contribution in [1.82, 2.24) is 9.55 Å². The molecular weight excluding hydrogens is 494 g/mol. The van der Waals surface area contributed by atoms with E-state index in [2.05, 4.69) is 22.5 Å². The van der Waals surface area contributed by atoms with Crippen LogP contribution in [-0.2, 0) is 16.1 Å². The predicted molar refractivity (Wildman–Crippen MR) is 147 cm³/mol. The first-order valence-electron chi connectivity index (χ1n) is 12.0. The molecule has 0 amide bonds. The molecule has 5 rings (SSSR count). The summed E-state index contributed by atoms with van der Waals surface area (Å²) in [4.78, 5) is 19.8. The number of aryl methyl sites for hydroxylation is 2. The number of thiazole rings is 1. The highest BCUT2D eigenvalue weighted by Crippen LogP contribution is 2.49. The van der Waals surface area contributed by atoms with Crippen LogP contribution < -0.4 is 4.90 Å². The number of carboxylic acids is 1. The lowest BCUT2D eigenvalue weighted by molar-refractivity contribution is -0.160. The summed E-state index contributed by atoms with van der Waals surface area (Å²) in [5, 5.41) is 15.0. The number of halogens is 1. The molecule has 36 heavy (non-hydrogen) atoms. The molecule has 188 valence electrons. The number of rotatable bonds is 5. The van der Waals surface area contributed by atoms with Crippen LogP contribution in [-0.4, -0.2) is 32.8 Å². The Morgan fingerprint density at radius 1 is 1.17 bits per heavy atom. The third-order valence-electron chi connectivity index (χ3n) is 6.57. The first kappa shape index (κ1) is 24.8. The molecule has 0 spiro atoms. The molecule has 1 aliphatic rings. The van der Waals surface area contributed by atoms with Crippen LogP contribution in [0.5, 0.6) is 0 Å². The number of aliphatic carboxylic acids is 1. The zero-order valence-corrected chi connectivity index (χ0v) is 22.9. The van der Waals surface area contributed by atoms with Gasteiger partial charge in [0.05, 0.1) is 22.5 Å². The molecular formula is C28H30ClN3O3S. The lowest BCUT2D eigenvalue weighted by Gasteiger charge is -2.34. The number of carbonyl (C=O) groups is 1. The van der Waals surface area contributed by atoms with Crippen LogP contribution in [0.4, 0.5) is 10.8 Å². The lowest BCUT2D eigenvalue weighted by Crippen LogP contribution is -2.31. The van der Waals surface area contributed by atoms with E-state index in [9.17, 15) is 9.90 Å². The zero-order chi connectivity index (χ0) is 25.9. The van der Waals surface area contributed by atoms with Gasteiger partial charge in [-0.2, -0.15) is 0 Å². The molecule has 0 radical (unpaired) electrons.